The summed E-state index contributed by atoms with van der Waals surface area (Å²) in [6, 6.07) is 7.33. The summed E-state index contributed by atoms with van der Waals surface area (Å²) in [4.78, 5) is 14.6. The van der Waals surface area contributed by atoms with E-state index in [0.29, 0.717) is 19.7 Å². The molecule has 0 atom stereocenters. The van der Waals surface area contributed by atoms with Gasteiger partial charge < -0.3 is 20.5 Å². The minimum Gasteiger partial charge on any atom is -0.492 e. The van der Waals surface area contributed by atoms with Crippen molar-refractivity contribution in [3.8, 4) is 5.75 Å². The number of benzene rings is 1. The summed E-state index contributed by atoms with van der Waals surface area (Å²) in [7, 11) is 0. The summed E-state index contributed by atoms with van der Waals surface area (Å²) < 4.78 is 5.65. The van der Waals surface area contributed by atoms with Gasteiger partial charge in [-0.15, -0.1) is 0 Å². The zero-order valence-corrected chi connectivity index (χ0v) is 11.5. The number of anilines is 1. The highest BCUT2D eigenvalue weighted by Crippen LogP contribution is 2.13. The number of amides is 1. The van der Waals surface area contributed by atoms with Crippen molar-refractivity contribution in [2.24, 2.45) is 0 Å². The van der Waals surface area contributed by atoms with E-state index < -0.39 is 6.09 Å². The van der Waals surface area contributed by atoms with E-state index in [-0.39, 0.29) is 0 Å². The highest BCUT2D eigenvalue weighted by Gasteiger charge is 2.17. The Labute approximate surface area is 118 Å². The molecule has 20 heavy (non-hydrogen) atoms. The van der Waals surface area contributed by atoms with Gasteiger partial charge in [-0.2, -0.15) is 0 Å². The Morgan fingerprint density at radius 2 is 1.95 bits per heavy atom. The van der Waals surface area contributed by atoms with Gasteiger partial charge in [0, 0.05) is 38.4 Å². The molecule has 2 rings (SSSR count). The first-order valence-corrected chi connectivity index (χ1v) is 6.84. The number of carbonyl (C=O) groups is 1. The van der Waals surface area contributed by atoms with E-state index in [0.717, 1.165) is 37.5 Å². The van der Waals surface area contributed by atoms with Crippen LogP contribution in [0, 0.1) is 0 Å². The maximum Gasteiger partial charge on any atom is 0.407 e. The zero-order chi connectivity index (χ0) is 14.4. The van der Waals surface area contributed by atoms with Crippen molar-refractivity contribution < 1.29 is 14.6 Å². The molecule has 1 aliphatic rings. The molecule has 1 saturated heterocycles. The molecule has 0 radical (unpaired) electrons. The number of carboxylic acid groups (broad SMARTS) is 1. The quantitative estimate of drug-likeness (QED) is 0.813. The van der Waals surface area contributed by atoms with Crippen molar-refractivity contribution in [1.82, 2.24) is 9.80 Å². The van der Waals surface area contributed by atoms with Crippen LogP contribution in [0.2, 0.25) is 0 Å². The zero-order valence-electron chi connectivity index (χ0n) is 11.5. The summed E-state index contributed by atoms with van der Waals surface area (Å²) in [5.74, 6) is 0.807. The minimum absolute atomic E-state index is 0.567. The number of nitrogens with zero attached hydrogens (tertiary/aromatic N) is 2. The molecule has 0 aliphatic carbocycles. The standard InChI is InChI=1S/C14H21N3O3/c15-12-2-4-13(5-3-12)20-11-10-16-6-1-7-17(9-8-16)14(18)19/h2-5H,1,6-11,15H2,(H,18,19). The highest BCUT2D eigenvalue weighted by atomic mass is 16.5. The molecule has 6 heteroatoms. The van der Waals surface area contributed by atoms with Crippen molar-refractivity contribution >= 4 is 11.8 Å². The van der Waals surface area contributed by atoms with E-state index in [4.69, 9.17) is 15.6 Å². The van der Waals surface area contributed by atoms with Crippen LogP contribution in [0.25, 0.3) is 0 Å². The molecular weight excluding hydrogens is 258 g/mol. The van der Waals surface area contributed by atoms with E-state index in [1.165, 1.54) is 4.90 Å². The first kappa shape index (κ1) is 14.5. The predicted molar refractivity (Wildman–Crippen MR) is 77.0 cm³/mol. The first-order chi connectivity index (χ1) is 9.65. The monoisotopic (exact) mass is 279 g/mol. The SMILES string of the molecule is Nc1ccc(OCCN2CCCN(C(=O)O)CC2)cc1. The van der Waals surface area contributed by atoms with Gasteiger partial charge in [-0.1, -0.05) is 0 Å². The van der Waals surface area contributed by atoms with E-state index in [1.807, 2.05) is 24.3 Å². The van der Waals surface area contributed by atoms with Gasteiger partial charge >= 0.3 is 6.09 Å². The number of rotatable bonds is 4. The summed E-state index contributed by atoms with van der Waals surface area (Å²) in [6.45, 7) is 4.25. The second kappa shape index (κ2) is 7.00. The average Bonchev–Trinajstić information content (AvgIpc) is 2.67. The maximum absolute atomic E-state index is 10.9. The number of ether oxygens (including phenoxy) is 1. The molecule has 0 aromatic heterocycles. The maximum atomic E-state index is 10.9. The minimum atomic E-state index is -0.829. The molecular formula is C14H21N3O3. The smallest absolute Gasteiger partial charge is 0.407 e. The fourth-order valence-electron chi connectivity index (χ4n) is 2.24. The van der Waals surface area contributed by atoms with Gasteiger partial charge in [0.2, 0.25) is 0 Å². The third-order valence-electron chi connectivity index (χ3n) is 3.42. The van der Waals surface area contributed by atoms with Crippen molar-refractivity contribution in [3.63, 3.8) is 0 Å². The molecule has 1 aliphatic heterocycles. The van der Waals surface area contributed by atoms with Crippen molar-refractivity contribution in [2.75, 3.05) is 45.1 Å². The normalized spacial score (nSPS) is 16.7. The second-order valence-corrected chi connectivity index (χ2v) is 4.88. The molecule has 110 valence electrons. The summed E-state index contributed by atoms with van der Waals surface area (Å²) in [5.41, 5.74) is 6.33. The van der Waals surface area contributed by atoms with E-state index in [2.05, 4.69) is 4.90 Å². The molecule has 6 nitrogen and oxygen atoms in total. The summed E-state index contributed by atoms with van der Waals surface area (Å²) >= 11 is 0. The lowest BCUT2D eigenvalue weighted by atomic mass is 10.3. The van der Waals surface area contributed by atoms with Crippen LogP contribution in [0.5, 0.6) is 5.75 Å². The Morgan fingerprint density at radius 1 is 1.20 bits per heavy atom. The van der Waals surface area contributed by atoms with Crippen LogP contribution in [0.3, 0.4) is 0 Å². The fourth-order valence-corrected chi connectivity index (χ4v) is 2.24. The largest absolute Gasteiger partial charge is 0.492 e. The van der Waals surface area contributed by atoms with Crippen LogP contribution in [-0.4, -0.2) is 60.3 Å². The Bertz CT molecular complexity index is 436. The van der Waals surface area contributed by atoms with Gasteiger partial charge in [-0.3, -0.25) is 4.90 Å². The van der Waals surface area contributed by atoms with Gasteiger partial charge in [-0.25, -0.2) is 4.79 Å². The molecule has 1 aromatic carbocycles. The first-order valence-electron chi connectivity index (χ1n) is 6.84. The summed E-state index contributed by atoms with van der Waals surface area (Å²) in [6.07, 6.45) is 0.0405. The number of hydrogen-bond donors (Lipinski definition) is 2. The molecule has 1 amide bonds. The van der Waals surface area contributed by atoms with Gasteiger partial charge in [0.25, 0.3) is 0 Å². The van der Waals surface area contributed by atoms with Crippen molar-refractivity contribution in [3.05, 3.63) is 24.3 Å². The van der Waals surface area contributed by atoms with Crippen LogP contribution in [0.1, 0.15) is 6.42 Å². The third-order valence-corrected chi connectivity index (χ3v) is 3.42. The molecule has 3 N–H and O–H groups in total. The topological polar surface area (TPSA) is 79.0 Å². The molecule has 1 aromatic rings. The highest BCUT2D eigenvalue weighted by molar-refractivity contribution is 5.64. The number of nitrogens with two attached hydrogens (primary N) is 1. The molecule has 0 saturated carbocycles. The predicted octanol–water partition coefficient (Wildman–Crippen LogP) is 1.33. The molecule has 0 spiro atoms. The van der Waals surface area contributed by atoms with E-state index in [1.54, 1.807) is 0 Å². The fraction of sp³-hybridized carbons (Fsp3) is 0.500. The molecule has 1 fully saturated rings. The van der Waals surface area contributed by atoms with Gasteiger partial charge in [0.15, 0.2) is 0 Å². The second-order valence-electron chi connectivity index (χ2n) is 4.88. The van der Waals surface area contributed by atoms with Crippen LogP contribution >= 0.6 is 0 Å². The van der Waals surface area contributed by atoms with Crippen molar-refractivity contribution in [2.45, 2.75) is 6.42 Å². The molecule has 0 unspecified atom stereocenters. The van der Waals surface area contributed by atoms with Crippen LogP contribution in [0.4, 0.5) is 10.5 Å². The Balaban J connectivity index is 1.71. The van der Waals surface area contributed by atoms with E-state index >= 15 is 0 Å². The van der Waals surface area contributed by atoms with Crippen LogP contribution < -0.4 is 10.5 Å². The van der Waals surface area contributed by atoms with Gasteiger partial charge in [0.1, 0.15) is 12.4 Å². The lowest BCUT2D eigenvalue weighted by Crippen LogP contribution is -2.35. The van der Waals surface area contributed by atoms with Crippen molar-refractivity contribution in [1.29, 1.82) is 0 Å². The van der Waals surface area contributed by atoms with Crippen LogP contribution in [0.15, 0.2) is 24.3 Å². The lowest BCUT2D eigenvalue weighted by molar-refractivity contribution is 0.145. The number of hydrogen-bond acceptors (Lipinski definition) is 4. The van der Waals surface area contributed by atoms with Gasteiger partial charge in [-0.05, 0) is 30.7 Å². The molecule has 0 bridgehead atoms. The number of nitrogen functional groups attached to an aromatic ring is 1. The summed E-state index contributed by atoms with van der Waals surface area (Å²) in [5, 5.41) is 8.97. The lowest BCUT2D eigenvalue weighted by Gasteiger charge is -2.20. The van der Waals surface area contributed by atoms with Crippen LogP contribution in [-0.2, 0) is 0 Å². The van der Waals surface area contributed by atoms with E-state index in [9.17, 15) is 4.79 Å². The Hall–Kier alpha value is -1.95. The Morgan fingerprint density at radius 3 is 2.65 bits per heavy atom. The average molecular weight is 279 g/mol. The third kappa shape index (κ3) is 4.31. The van der Waals surface area contributed by atoms with Gasteiger partial charge in [0.05, 0.1) is 0 Å². The Kier molecular flexibility index (Phi) is 5.06. The molecule has 1 heterocycles.